The number of tetrazole rings is 1. The Kier molecular flexibility index (Phi) is 5.41. The second-order valence-corrected chi connectivity index (χ2v) is 6.78. The quantitative estimate of drug-likeness (QED) is 0.712. The Balaban J connectivity index is 1.79. The Labute approximate surface area is 153 Å². The van der Waals surface area contributed by atoms with Gasteiger partial charge in [0.2, 0.25) is 5.91 Å². The fourth-order valence-electron chi connectivity index (χ4n) is 2.87. The smallest absolute Gasteiger partial charge is 0.235 e. The van der Waals surface area contributed by atoms with Crippen LogP contribution < -0.4 is 5.32 Å². The molecule has 3 rings (SSSR count). The van der Waals surface area contributed by atoms with Crippen LogP contribution in [0.1, 0.15) is 48.2 Å². The SMILES string of the molecule is Cc1cccc(C[C@@H](C(=O)Nc2ccc(C(C)C)cc2)c2nn[nH]n2)c1. The summed E-state index contributed by atoms with van der Waals surface area (Å²) >= 11 is 0. The van der Waals surface area contributed by atoms with Crippen molar-refractivity contribution in [1.29, 1.82) is 0 Å². The van der Waals surface area contributed by atoms with Gasteiger partial charge < -0.3 is 5.32 Å². The summed E-state index contributed by atoms with van der Waals surface area (Å²) in [4.78, 5) is 12.9. The molecule has 2 aromatic carbocycles. The van der Waals surface area contributed by atoms with Crippen LogP contribution in [0.5, 0.6) is 0 Å². The number of carbonyl (C=O) groups is 1. The Bertz CT molecular complexity index is 856. The lowest BCUT2D eigenvalue weighted by Gasteiger charge is -2.15. The van der Waals surface area contributed by atoms with Crippen LogP contribution in [0.4, 0.5) is 5.69 Å². The first-order valence-corrected chi connectivity index (χ1v) is 8.72. The number of aromatic amines is 1. The highest BCUT2D eigenvalue weighted by Gasteiger charge is 2.25. The summed E-state index contributed by atoms with van der Waals surface area (Å²) in [6.45, 7) is 6.31. The van der Waals surface area contributed by atoms with E-state index in [0.717, 1.165) is 16.8 Å². The Morgan fingerprint density at radius 2 is 1.92 bits per heavy atom. The first kappa shape index (κ1) is 17.8. The van der Waals surface area contributed by atoms with Crippen LogP contribution in [0.15, 0.2) is 48.5 Å². The summed E-state index contributed by atoms with van der Waals surface area (Å²) in [7, 11) is 0. The molecule has 1 atom stereocenters. The van der Waals surface area contributed by atoms with Gasteiger partial charge in [0, 0.05) is 5.69 Å². The summed E-state index contributed by atoms with van der Waals surface area (Å²) in [6, 6.07) is 16.0. The largest absolute Gasteiger partial charge is 0.325 e. The fraction of sp³-hybridized carbons (Fsp3) is 0.300. The highest BCUT2D eigenvalue weighted by Crippen LogP contribution is 2.22. The average molecular weight is 349 g/mol. The van der Waals surface area contributed by atoms with Gasteiger partial charge in [0.15, 0.2) is 5.82 Å². The van der Waals surface area contributed by atoms with Crippen molar-refractivity contribution in [2.75, 3.05) is 5.32 Å². The van der Waals surface area contributed by atoms with E-state index in [4.69, 9.17) is 0 Å². The number of benzene rings is 2. The lowest BCUT2D eigenvalue weighted by Crippen LogP contribution is -2.24. The third-order valence-electron chi connectivity index (χ3n) is 4.36. The van der Waals surface area contributed by atoms with Crippen LogP contribution in [0.2, 0.25) is 0 Å². The number of rotatable bonds is 6. The van der Waals surface area contributed by atoms with Crippen molar-refractivity contribution in [2.24, 2.45) is 0 Å². The summed E-state index contributed by atoms with van der Waals surface area (Å²) in [5.74, 6) is 0.182. The van der Waals surface area contributed by atoms with Crippen LogP contribution in [-0.2, 0) is 11.2 Å². The average Bonchev–Trinajstić information content (AvgIpc) is 3.14. The minimum Gasteiger partial charge on any atom is -0.325 e. The number of H-pyrrole nitrogens is 1. The molecule has 0 saturated carbocycles. The number of carbonyl (C=O) groups excluding carboxylic acids is 1. The van der Waals surface area contributed by atoms with Crippen molar-refractivity contribution in [3.05, 3.63) is 71.0 Å². The first-order chi connectivity index (χ1) is 12.5. The van der Waals surface area contributed by atoms with Gasteiger partial charge in [-0.25, -0.2) is 0 Å². The molecule has 0 aliphatic carbocycles. The van der Waals surface area contributed by atoms with Crippen LogP contribution in [-0.4, -0.2) is 26.5 Å². The van der Waals surface area contributed by atoms with E-state index < -0.39 is 5.92 Å². The maximum absolute atomic E-state index is 12.9. The van der Waals surface area contributed by atoms with Gasteiger partial charge in [-0.05, 0) is 42.5 Å². The minimum atomic E-state index is -0.514. The molecule has 3 aromatic rings. The Hall–Kier alpha value is -3.02. The Morgan fingerprint density at radius 1 is 1.15 bits per heavy atom. The van der Waals surface area contributed by atoms with E-state index in [0.29, 0.717) is 18.2 Å². The van der Waals surface area contributed by atoms with Crippen LogP contribution in [0, 0.1) is 6.92 Å². The van der Waals surface area contributed by atoms with Gasteiger partial charge in [-0.1, -0.05) is 61.0 Å². The molecule has 6 heteroatoms. The molecule has 1 amide bonds. The molecule has 0 saturated heterocycles. The molecule has 1 heterocycles. The second-order valence-electron chi connectivity index (χ2n) is 6.78. The third-order valence-corrected chi connectivity index (χ3v) is 4.36. The van der Waals surface area contributed by atoms with E-state index in [9.17, 15) is 4.79 Å². The van der Waals surface area contributed by atoms with Crippen molar-refractivity contribution in [1.82, 2.24) is 20.6 Å². The maximum Gasteiger partial charge on any atom is 0.235 e. The van der Waals surface area contributed by atoms with Crippen molar-refractivity contribution in [3.63, 3.8) is 0 Å². The number of aromatic nitrogens is 4. The highest BCUT2D eigenvalue weighted by molar-refractivity contribution is 5.95. The lowest BCUT2D eigenvalue weighted by atomic mass is 9.96. The molecule has 0 fully saturated rings. The first-order valence-electron chi connectivity index (χ1n) is 8.72. The molecule has 6 nitrogen and oxygen atoms in total. The zero-order valence-corrected chi connectivity index (χ0v) is 15.2. The lowest BCUT2D eigenvalue weighted by molar-refractivity contribution is -0.117. The number of hydrogen-bond acceptors (Lipinski definition) is 4. The number of aryl methyl sites for hydroxylation is 1. The van der Waals surface area contributed by atoms with Crippen molar-refractivity contribution < 1.29 is 4.79 Å². The molecule has 0 unspecified atom stereocenters. The zero-order chi connectivity index (χ0) is 18.5. The van der Waals surface area contributed by atoms with Crippen LogP contribution in [0.25, 0.3) is 0 Å². The van der Waals surface area contributed by atoms with E-state index in [1.165, 1.54) is 5.56 Å². The van der Waals surface area contributed by atoms with Crippen LogP contribution in [0.3, 0.4) is 0 Å². The molecule has 0 aliphatic rings. The van der Waals surface area contributed by atoms with E-state index in [1.54, 1.807) is 0 Å². The molecule has 134 valence electrons. The molecule has 0 bridgehead atoms. The van der Waals surface area contributed by atoms with Gasteiger partial charge in [-0.15, -0.1) is 10.2 Å². The predicted molar refractivity (Wildman–Crippen MR) is 101 cm³/mol. The normalized spacial score (nSPS) is 12.2. The van der Waals surface area contributed by atoms with E-state index in [1.807, 2.05) is 49.4 Å². The maximum atomic E-state index is 12.9. The van der Waals surface area contributed by atoms with Crippen molar-refractivity contribution in [3.8, 4) is 0 Å². The molecule has 0 radical (unpaired) electrons. The molecule has 26 heavy (non-hydrogen) atoms. The molecule has 1 aromatic heterocycles. The standard InChI is InChI=1S/C20H23N5O/c1-13(2)16-7-9-17(10-8-16)21-20(26)18(19-22-24-25-23-19)12-15-6-4-5-14(3)11-15/h4-11,13,18H,12H2,1-3H3,(H,21,26)(H,22,23,24,25)/t18-/m1/s1. The zero-order valence-electron chi connectivity index (χ0n) is 15.2. The summed E-state index contributed by atoms with van der Waals surface area (Å²) in [5, 5.41) is 17.1. The molecule has 2 N–H and O–H groups in total. The number of nitrogens with zero attached hydrogens (tertiary/aromatic N) is 3. The summed E-state index contributed by atoms with van der Waals surface area (Å²) in [5.41, 5.74) is 4.21. The van der Waals surface area contributed by atoms with E-state index in [-0.39, 0.29) is 5.91 Å². The van der Waals surface area contributed by atoms with Crippen LogP contribution >= 0.6 is 0 Å². The van der Waals surface area contributed by atoms with E-state index >= 15 is 0 Å². The van der Waals surface area contributed by atoms with Gasteiger partial charge in [0.1, 0.15) is 5.92 Å². The monoisotopic (exact) mass is 349 g/mol. The number of hydrogen-bond donors (Lipinski definition) is 2. The van der Waals surface area contributed by atoms with Crippen molar-refractivity contribution in [2.45, 2.75) is 39.0 Å². The van der Waals surface area contributed by atoms with Crippen molar-refractivity contribution >= 4 is 11.6 Å². The second kappa shape index (κ2) is 7.91. The number of nitrogens with one attached hydrogen (secondary N) is 2. The van der Waals surface area contributed by atoms with Gasteiger partial charge in [0.25, 0.3) is 0 Å². The summed E-state index contributed by atoms with van der Waals surface area (Å²) < 4.78 is 0. The fourth-order valence-corrected chi connectivity index (χ4v) is 2.87. The number of amides is 1. The number of anilines is 1. The minimum absolute atomic E-state index is 0.148. The van der Waals surface area contributed by atoms with Gasteiger partial charge in [-0.2, -0.15) is 5.21 Å². The van der Waals surface area contributed by atoms with E-state index in [2.05, 4.69) is 45.9 Å². The molecule has 0 aliphatic heterocycles. The van der Waals surface area contributed by atoms with Gasteiger partial charge >= 0.3 is 0 Å². The highest BCUT2D eigenvalue weighted by atomic mass is 16.1. The summed E-state index contributed by atoms with van der Waals surface area (Å²) in [6.07, 6.45) is 0.511. The molecule has 0 spiro atoms. The molecular formula is C20H23N5O. The third kappa shape index (κ3) is 4.33. The topological polar surface area (TPSA) is 83.6 Å². The predicted octanol–water partition coefficient (Wildman–Crippen LogP) is 3.60. The Morgan fingerprint density at radius 3 is 2.54 bits per heavy atom. The molecular weight excluding hydrogens is 326 g/mol. The van der Waals surface area contributed by atoms with Gasteiger partial charge in [0.05, 0.1) is 0 Å². The van der Waals surface area contributed by atoms with Gasteiger partial charge in [-0.3, -0.25) is 4.79 Å².